The maximum Gasteiger partial charge on any atom is 0.274 e. The predicted molar refractivity (Wildman–Crippen MR) is 118 cm³/mol. The minimum atomic E-state index is 0. The van der Waals surface area contributed by atoms with Crippen LogP contribution in [0.3, 0.4) is 0 Å². The molecule has 1 atom stereocenters. The van der Waals surface area contributed by atoms with Gasteiger partial charge in [0, 0.05) is 39.5 Å². The summed E-state index contributed by atoms with van der Waals surface area (Å²) < 4.78 is 7.10. The molecule has 1 unspecified atom stereocenters. The molecule has 7 nitrogen and oxygen atoms in total. The van der Waals surface area contributed by atoms with Crippen molar-refractivity contribution in [3.05, 3.63) is 18.0 Å². The van der Waals surface area contributed by atoms with Crippen LogP contribution in [0.5, 0.6) is 0 Å². The lowest BCUT2D eigenvalue weighted by Crippen LogP contribution is -2.39. The van der Waals surface area contributed by atoms with Gasteiger partial charge in [0.25, 0.3) is 5.91 Å². The quantitative estimate of drug-likeness (QED) is 0.655. The molecule has 0 aliphatic carbocycles. The normalized spacial score (nSPS) is 20.7. The second-order valence-electron chi connectivity index (χ2n) is 8.36. The molecule has 8 heteroatoms. The Morgan fingerprint density at radius 3 is 2.79 bits per heavy atom. The van der Waals surface area contributed by atoms with Gasteiger partial charge in [-0.15, -0.1) is 12.4 Å². The summed E-state index contributed by atoms with van der Waals surface area (Å²) in [5, 5.41) is 8.00. The molecular formula is C21H38ClN5O2. The number of methoxy groups -OCH3 is 1. The summed E-state index contributed by atoms with van der Waals surface area (Å²) in [5.41, 5.74) is 0.601. The maximum absolute atomic E-state index is 12.8. The lowest BCUT2D eigenvalue weighted by Gasteiger charge is -2.32. The Hall–Kier alpha value is -1.15. The smallest absolute Gasteiger partial charge is 0.274 e. The van der Waals surface area contributed by atoms with Gasteiger partial charge in [-0.1, -0.05) is 0 Å². The maximum atomic E-state index is 12.8. The number of likely N-dealkylation sites (N-methyl/N-ethyl adjacent to an activating group) is 1. The van der Waals surface area contributed by atoms with E-state index in [0.29, 0.717) is 11.7 Å². The van der Waals surface area contributed by atoms with E-state index in [1.807, 2.05) is 21.8 Å². The molecule has 0 spiro atoms. The number of hydrogen-bond donors (Lipinski definition) is 1. The molecule has 2 fully saturated rings. The minimum Gasteiger partial charge on any atom is -0.383 e. The molecule has 0 aromatic carbocycles. The number of piperidine rings is 2. The fraction of sp³-hybridized carbons (Fsp3) is 0.810. The number of carbonyl (C=O) groups excluding carboxylic acids is 1. The molecular weight excluding hydrogens is 390 g/mol. The first-order valence-corrected chi connectivity index (χ1v) is 10.9. The van der Waals surface area contributed by atoms with Crippen LogP contribution in [0.15, 0.2) is 12.3 Å². The van der Waals surface area contributed by atoms with Crippen molar-refractivity contribution in [2.24, 2.45) is 5.92 Å². The summed E-state index contributed by atoms with van der Waals surface area (Å²) in [6.07, 6.45) is 8.97. The van der Waals surface area contributed by atoms with Gasteiger partial charge in [-0.25, -0.2) is 0 Å². The fourth-order valence-electron chi connectivity index (χ4n) is 4.31. The van der Waals surface area contributed by atoms with Gasteiger partial charge in [0.15, 0.2) is 0 Å². The van der Waals surface area contributed by atoms with Crippen LogP contribution in [0.2, 0.25) is 0 Å². The minimum absolute atomic E-state index is 0. The summed E-state index contributed by atoms with van der Waals surface area (Å²) in [4.78, 5) is 17.1. The SMILES string of the molecule is COCCN(C)CCCC1CCN(C(=O)c2ccn(C3CCCNC3)n2)CC1.Cl. The molecule has 1 N–H and O–H groups in total. The van der Waals surface area contributed by atoms with Gasteiger partial charge in [0.05, 0.1) is 12.6 Å². The van der Waals surface area contributed by atoms with E-state index in [1.54, 1.807) is 7.11 Å². The average Bonchev–Trinajstić information content (AvgIpc) is 3.23. The Morgan fingerprint density at radius 2 is 2.10 bits per heavy atom. The van der Waals surface area contributed by atoms with Crippen LogP contribution in [0.25, 0.3) is 0 Å². The molecule has 0 saturated carbocycles. The molecule has 3 rings (SSSR count). The molecule has 2 aliphatic heterocycles. The van der Waals surface area contributed by atoms with Gasteiger partial charge in [0.2, 0.25) is 0 Å². The van der Waals surface area contributed by atoms with E-state index in [0.717, 1.165) is 71.1 Å². The van der Waals surface area contributed by atoms with Crippen LogP contribution in [0.1, 0.15) is 55.1 Å². The van der Waals surface area contributed by atoms with Crippen LogP contribution in [-0.4, -0.2) is 85.5 Å². The zero-order valence-electron chi connectivity index (χ0n) is 18.0. The van der Waals surface area contributed by atoms with Gasteiger partial charge < -0.3 is 19.9 Å². The molecule has 0 radical (unpaired) electrons. The second-order valence-corrected chi connectivity index (χ2v) is 8.36. The summed E-state index contributed by atoms with van der Waals surface area (Å²) >= 11 is 0. The van der Waals surface area contributed by atoms with Gasteiger partial charge in [0.1, 0.15) is 5.69 Å². The Bertz CT molecular complexity index is 598. The fourth-order valence-corrected chi connectivity index (χ4v) is 4.31. The lowest BCUT2D eigenvalue weighted by molar-refractivity contribution is 0.0677. The predicted octanol–water partition coefficient (Wildman–Crippen LogP) is 2.44. The molecule has 2 saturated heterocycles. The zero-order chi connectivity index (χ0) is 19.8. The number of hydrogen-bond acceptors (Lipinski definition) is 5. The van der Waals surface area contributed by atoms with Gasteiger partial charge in [-0.3, -0.25) is 9.48 Å². The number of ether oxygens (including phenoxy) is 1. The van der Waals surface area contributed by atoms with Crippen molar-refractivity contribution < 1.29 is 9.53 Å². The largest absolute Gasteiger partial charge is 0.383 e. The Kier molecular flexibility index (Phi) is 10.4. The van der Waals surface area contributed by atoms with Gasteiger partial charge in [-0.2, -0.15) is 5.10 Å². The number of rotatable bonds is 9. The second kappa shape index (κ2) is 12.5. The van der Waals surface area contributed by atoms with Crippen LogP contribution in [0, 0.1) is 5.92 Å². The first-order chi connectivity index (χ1) is 13.7. The van der Waals surface area contributed by atoms with Crippen molar-refractivity contribution in [1.82, 2.24) is 24.9 Å². The van der Waals surface area contributed by atoms with E-state index in [4.69, 9.17) is 4.74 Å². The van der Waals surface area contributed by atoms with E-state index < -0.39 is 0 Å². The molecule has 1 amide bonds. The molecule has 2 aliphatic rings. The van der Waals surface area contributed by atoms with E-state index >= 15 is 0 Å². The van der Waals surface area contributed by atoms with Crippen LogP contribution >= 0.6 is 12.4 Å². The van der Waals surface area contributed by atoms with Crippen molar-refractivity contribution in [2.45, 2.75) is 44.6 Å². The number of nitrogens with zero attached hydrogens (tertiary/aromatic N) is 4. The standard InChI is InChI=1S/C21H37N5O2.ClH/c1-24(15-16-28-2)11-4-5-18-7-12-25(13-8-18)21(27)20-9-14-26(23-20)19-6-3-10-22-17-19;/h9,14,18-19,22H,3-8,10-13,15-17H2,1-2H3;1H. The number of nitrogens with one attached hydrogen (secondary N) is 1. The molecule has 1 aromatic heterocycles. The third-order valence-electron chi connectivity index (χ3n) is 6.20. The lowest BCUT2D eigenvalue weighted by atomic mass is 9.92. The van der Waals surface area contributed by atoms with Crippen LogP contribution in [-0.2, 0) is 4.74 Å². The van der Waals surface area contributed by atoms with Crippen molar-refractivity contribution in [3.63, 3.8) is 0 Å². The molecule has 0 bridgehead atoms. The molecule has 1 aromatic rings. The Balaban J connectivity index is 0.00000300. The van der Waals surface area contributed by atoms with E-state index in [1.165, 1.54) is 19.3 Å². The average molecular weight is 428 g/mol. The monoisotopic (exact) mass is 427 g/mol. The van der Waals surface area contributed by atoms with Crippen molar-refractivity contribution in [2.75, 3.05) is 60.0 Å². The summed E-state index contributed by atoms with van der Waals surface area (Å²) in [5.74, 6) is 0.839. The van der Waals surface area contributed by atoms with Gasteiger partial charge in [-0.05, 0) is 70.6 Å². The van der Waals surface area contributed by atoms with Crippen LogP contribution in [0.4, 0.5) is 0 Å². The highest BCUT2D eigenvalue weighted by molar-refractivity contribution is 5.92. The Morgan fingerprint density at radius 1 is 1.31 bits per heavy atom. The number of halogens is 1. The zero-order valence-corrected chi connectivity index (χ0v) is 18.8. The van der Waals surface area contributed by atoms with Crippen molar-refractivity contribution in [1.29, 1.82) is 0 Å². The third kappa shape index (κ3) is 7.24. The van der Waals surface area contributed by atoms with E-state index in [-0.39, 0.29) is 18.3 Å². The first kappa shape index (κ1) is 24.1. The number of likely N-dealkylation sites (tertiary alicyclic amines) is 1. The summed E-state index contributed by atoms with van der Waals surface area (Å²) in [6, 6.07) is 2.27. The highest BCUT2D eigenvalue weighted by Crippen LogP contribution is 2.23. The summed E-state index contributed by atoms with van der Waals surface area (Å²) in [6.45, 7) is 6.66. The molecule has 29 heavy (non-hydrogen) atoms. The highest BCUT2D eigenvalue weighted by Gasteiger charge is 2.25. The van der Waals surface area contributed by atoms with Crippen molar-refractivity contribution in [3.8, 4) is 0 Å². The number of carbonyl (C=O) groups is 1. The van der Waals surface area contributed by atoms with Gasteiger partial charge >= 0.3 is 0 Å². The first-order valence-electron chi connectivity index (χ1n) is 10.9. The van der Waals surface area contributed by atoms with E-state index in [9.17, 15) is 4.79 Å². The summed E-state index contributed by atoms with van der Waals surface area (Å²) in [7, 11) is 3.91. The number of amides is 1. The third-order valence-corrected chi connectivity index (χ3v) is 6.20. The molecule has 3 heterocycles. The van der Waals surface area contributed by atoms with E-state index in [2.05, 4.69) is 22.4 Å². The van der Waals surface area contributed by atoms with Crippen LogP contribution < -0.4 is 5.32 Å². The van der Waals surface area contributed by atoms with Crippen molar-refractivity contribution >= 4 is 18.3 Å². The topological polar surface area (TPSA) is 62.6 Å². The number of aromatic nitrogens is 2. The molecule has 166 valence electrons. The Labute approximate surface area is 181 Å². The highest BCUT2D eigenvalue weighted by atomic mass is 35.5.